The molecule has 132 valence electrons. The van der Waals surface area contributed by atoms with E-state index in [-0.39, 0.29) is 11.5 Å². The molecule has 3 rings (SSSR count). The maximum atomic E-state index is 12.7. The Morgan fingerprint density at radius 1 is 1.04 bits per heavy atom. The fourth-order valence-corrected chi connectivity index (χ4v) is 2.95. The first-order valence-electron chi connectivity index (χ1n) is 8.31. The van der Waals surface area contributed by atoms with Gasteiger partial charge in [-0.3, -0.25) is 9.59 Å². The summed E-state index contributed by atoms with van der Waals surface area (Å²) >= 11 is 0. The third kappa shape index (κ3) is 3.81. The van der Waals surface area contributed by atoms with Gasteiger partial charge in [-0.05, 0) is 36.8 Å². The largest absolute Gasteiger partial charge is 0.497 e. The lowest BCUT2D eigenvalue weighted by molar-refractivity contribution is 0.0758. The molecule has 0 radical (unpaired) electrons. The van der Waals surface area contributed by atoms with Crippen LogP contribution in [0.15, 0.2) is 41.2 Å². The van der Waals surface area contributed by atoms with Crippen LogP contribution in [0.3, 0.4) is 0 Å². The monoisotopic (exact) mass is 342 g/mol. The summed E-state index contributed by atoms with van der Waals surface area (Å²) in [6, 6.07) is 10.8. The number of aryl methyl sites for hydroxylation is 1. The number of hydrogen-bond acceptors (Lipinski definition) is 5. The second kappa shape index (κ2) is 7.38. The Labute approximate surface area is 146 Å². The molecule has 0 bridgehead atoms. The summed E-state index contributed by atoms with van der Waals surface area (Å²) < 4.78 is 6.38. The summed E-state index contributed by atoms with van der Waals surface area (Å²) in [5.74, 6) is 0.698. The first-order valence-corrected chi connectivity index (χ1v) is 8.31. The van der Waals surface area contributed by atoms with E-state index in [2.05, 4.69) is 10.00 Å². The Bertz CT molecular complexity index is 801. The predicted octanol–water partition coefficient (Wildman–Crippen LogP) is 1.14. The van der Waals surface area contributed by atoms with E-state index in [1.165, 1.54) is 16.8 Å². The van der Waals surface area contributed by atoms with E-state index in [1.807, 2.05) is 24.3 Å². The van der Waals surface area contributed by atoms with Crippen molar-refractivity contribution in [3.8, 4) is 5.75 Å². The molecule has 0 N–H and O–H groups in total. The van der Waals surface area contributed by atoms with Crippen molar-refractivity contribution >= 4 is 11.6 Å². The molecule has 0 aliphatic carbocycles. The molecule has 1 saturated heterocycles. The third-order valence-electron chi connectivity index (χ3n) is 4.40. The molecule has 0 atom stereocenters. The Kier molecular flexibility index (Phi) is 5.02. The van der Waals surface area contributed by atoms with Gasteiger partial charge in [-0.2, -0.15) is 5.10 Å². The van der Waals surface area contributed by atoms with Crippen molar-refractivity contribution in [1.29, 1.82) is 0 Å². The first-order chi connectivity index (χ1) is 12.1. The lowest BCUT2D eigenvalue weighted by atomic mass is 10.2. The first kappa shape index (κ1) is 17.0. The highest BCUT2D eigenvalue weighted by Crippen LogP contribution is 2.20. The summed E-state index contributed by atoms with van der Waals surface area (Å²) in [6.45, 7) is 2.94. The average molecular weight is 342 g/mol. The second-order valence-electron chi connectivity index (χ2n) is 6.01. The summed E-state index contributed by atoms with van der Waals surface area (Å²) in [5.41, 5.74) is 1.20. The van der Waals surface area contributed by atoms with Crippen LogP contribution in [-0.2, 0) is 7.05 Å². The minimum Gasteiger partial charge on any atom is -0.497 e. The van der Waals surface area contributed by atoms with Crippen LogP contribution in [0.2, 0.25) is 0 Å². The Hall–Kier alpha value is -2.83. The van der Waals surface area contributed by atoms with Crippen LogP contribution in [-0.4, -0.2) is 53.9 Å². The van der Waals surface area contributed by atoms with Gasteiger partial charge in [0.25, 0.3) is 11.5 Å². The van der Waals surface area contributed by atoms with E-state index in [0.29, 0.717) is 18.8 Å². The van der Waals surface area contributed by atoms with Gasteiger partial charge < -0.3 is 14.5 Å². The van der Waals surface area contributed by atoms with Crippen molar-refractivity contribution in [2.45, 2.75) is 6.42 Å². The maximum Gasteiger partial charge on any atom is 0.274 e. The second-order valence-corrected chi connectivity index (χ2v) is 6.01. The van der Waals surface area contributed by atoms with Crippen LogP contribution in [0.1, 0.15) is 16.9 Å². The van der Waals surface area contributed by atoms with Crippen LogP contribution in [0.25, 0.3) is 0 Å². The van der Waals surface area contributed by atoms with Gasteiger partial charge >= 0.3 is 0 Å². The Morgan fingerprint density at radius 3 is 2.48 bits per heavy atom. The standard InChI is InChI=1S/C18H22N4O3/c1-20-17(23)9-8-16(19-20)18(24)22-11-3-10-21(12-13-22)14-4-6-15(25-2)7-5-14/h4-9H,3,10-13H2,1-2H3. The number of methoxy groups -OCH3 is 1. The quantitative estimate of drug-likeness (QED) is 0.837. The van der Waals surface area contributed by atoms with E-state index in [1.54, 1.807) is 19.1 Å². The molecule has 2 aromatic rings. The zero-order valence-electron chi connectivity index (χ0n) is 14.5. The molecule has 2 heterocycles. The van der Waals surface area contributed by atoms with Gasteiger partial charge in [-0.15, -0.1) is 0 Å². The fourth-order valence-electron chi connectivity index (χ4n) is 2.95. The third-order valence-corrected chi connectivity index (χ3v) is 4.40. The van der Waals surface area contributed by atoms with Gasteiger partial charge in [0, 0.05) is 45.0 Å². The molecule has 1 aliphatic rings. The lowest BCUT2D eigenvalue weighted by Crippen LogP contribution is -2.36. The number of nitrogens with zero attached hydrogens (tertiary/aromatic N) is 4. The van der Waals surface area contributed by atoms with E-state index in [0.717, 1.165) is 30.9 Å². The minimum atomic E-state index is -0.224. The summed E-state index contributed by atoms with van der Waals surface area (Å²) in [6.07, 6.45) is 0.879. The van der Waals surface area contributed by atoms with Crippen LogP contribution >= 0.6 is 0 Å². The van der Waals surface area contributed by atoms with Crippen LogP contribution in [0.4, 0.5) is 5.69 Å². The zero-order valence-corrected chi connectivity index (χ0v) is 14.5. The molecule has 7 nitrogen and oxygen atoms in total. The number of anilines is 1. The maximum absolute atomic E-state index is 12.7. The number of aromatic nitrogens is 2. The molecule has 1 fully saturated rings. The Balaban J connectivity index is 1.69. The molecule has 1 aromatic heterocycles. The zero-order chi connectivity index (χ0) is 17.8. The number of hydrogen-bond donors (Lipinski definition) is 0. The number of benzene rings is 1. The van der Waals surface area contributed by atoms with Crippen molar-refractivity contribution in [3.05, 3.63) is 52.4 Å². The molecule has 1 amide bonds. The molecule has 7 heteroatoms. The summed E-state index contributed by atoms with van der Waals surface area (Å²) in [4.78, 5) is 28.2. The van der Waals surface area contributed by atoms with E-state index in [9.17, 15) is 9.59 Å². The number of ether oxygens (including phenoxy) is 1. The van der Waals surface area contributed by atoms with Gasteiger partial charge in [-0.1, -0.05) is 0 Å². The Morgan fingerprint density at radius 2 is 1.80 bits per heavy atom. The molecule has 1 aliphatic heterocycles. The molecular weight excluding hydrogens is 320 g/mol. The van der Waals surface area contributed by atoms with E-state index < -0.39 is 0 Å². The predicted molar refractivity (Wildman–Crippen MR) is 95.2 cm³/mol. The highest BCUT2D eigenvalue weighted by atomic mass is 16.5. The smallest absolute Gasteiger partial charge is 0.274 e. The topological polar surface area (TPSA) is 67.7 Å². The number of rotatable bonds is 3. The number of amides is 1. The van der Waals surface area contributed by atoms with Gasteiger partial charge in [0.1, 0.15) is 11.4 Å². The highest BCUT2D eigenvalue weighted by Gasteiger charge is 2.21. The molecule has 0 spiro atoms. The van der Waals surface area contributed by atoms with Crippen molar-refractivity contribution < 1.29 is 9.53 Å². The average Bonchev–Trinajstić information content (AvgIpc) is 2.89. The molecule has 1 aromatic carbocycles. The van der Waals surface area contributed by atoms with Crippen LogP contribution in [0.5, 0.6) is 5.75 Å². The fraction of sp³-hybridized carbons (Fsp3) is 0.389. The highest BCUT2D eigenvalue weighted by molar-refractivity contribution is 5.92. The van der Waals surface area contributed by atoms with Crippen molar-refractivity contribution in [1.82, 2.24) is 14.7 Å². The van der Waals surface area contributed by atoms with Crippen LogP contribution in [0, 0.1) is 0 Å². The van der Waals surface area contributed by atoms with Crippen molar-refractivity contribution in [2.75, 3.05) is 38.2 Å². The normalized spacial score (nSPS) is 15.0. The van der Waals surface area contributed by atoms with Gasteiger partial charge in [0.15, 0.2) is 0 Å². The lowest BCUT2D eigenvalue weighted by Gasteiger charge is -2.23. The van der Waals surface area contributed by atoms with Crippen molar-refractivity contribution in [2.24, 2.45) is 7.05 Å². The molecular formula is C18H22N4O3. The molecule has 25 heavy (non-hydrogen) atoms. The molecule has 0 unspecified atom stereocenters. The van der Waals surface area contributed by atoms with E-state index >= 15 is 0 Å². The number of carbonyl (C=O) groups is 1. The minimum absolute atomic E-state index is 0.132. The van der Waals surface area contributed by atoms with Crippen molar-refractivity contribution in [3.63, 3.8) is 0 Å². The number of carbonyl (C=O) groups excluding carboxylic acids is 1. The summed E-state index contributed by atoms with van der Waals surface area (Å²) in [5, 5.41) is 4.06. The van der Waals surface area contributed by atoms with Gasteiger partial charge in [0.05, 0.1) is 7.11 Å². The van der Waals surface area contributed by atoms with E-state index in [4.69, 9.17) is 4.74 Å². The van der Waals surface area contributed by atoms with Crippen LogP contribution < -0.4 is 15.2 Å². The molecule has 0 saturated carbocycles. The SMILES string of the molecule is COc1ccc(N2CCCN(C(=O)c3ccc(=O)n(C)n3)CC2)cc1. The van der Waals surface area contributed by atoms with Gasteiger partial charge in [-0.25, -0.2) is 4.68 Å². The van der Waals surface area contributed by atoms with Gasteiger partial charge in [0.2, 0.25) is 0 Å². The summed E-state index contributed by atoms with van der Waals surface area (Å²) in [7, 11) is 3.20.